The molecule has 0 aliphatic rings. The number of rotatable bonds is 3. The summed E-state index contributed by atoms with van der Waals surface area (Å²) in [5.74, 6) is -0.0642. The molecule has 1 aromatic rings. The van der Waals surface area contributed by atoms with E-state index in [-0.39, 0.29) is 22.5 Å². The maximum absolute atomic E-state index is 12.5. The van der Waals surface area contributed by atoms with Crippen molar-refractivity contribution in [1.82, 2.24) is 4.98 Å². The molecule has 3 nitrogen and oxygen atoms in total. The summed E-state index contributed by atoms with van der Waals surface area (Å²) in [7, 11) is 1.26. The normalized spacial score (nSPS) is 10.7. The SMILES string of the molecule is COc1c(CO)cc(Br)nc1C(F)F. The van der Waals surface area contributed by atoms with Crippen molar-refractivity contribution < 1.29 is 18.6 Å². The predicted molar refractivity (Wildman–Crippen MR) is 49.4 cm³/mol. The Morgan fingerprint density at radius 2 is 2.29 bits per heavy atom. The number of halogens is 3. The smallest absolute Gasteiger partial charge is 0.284 e. The topological polar surface area (TPSA) is 42.4 Å². The summed E-state index contributed by atoms with van der Waals surface area (Å²) in [4.78, 5) is 3.58. The predicted octanol–water partition coefficient (Wildman–Crippen LogP) is 2.28. The largest absolute Gasteiger partial charge is 0.494 e. The van der Waals surface area contributed by atoms with Crippen LogP contribution in [0.25, 0.3) is 0 Å². The number of aromatic nitrogens is 1. The summed E-state index contributed by atoms with van der Waals surface area (Å²) in [6.07, 6.45) is -2.73. The first kappa shape index (κ1) is 11.3. The van der Waals surface area contributed by atoms with Gasteiger partial charge in [-0.1, -0.05) is 0 Å². The van der Waals surface area contributed by atoms with Gasteiger partial charge in [0.25, 0.3) is 6.43 Å². The molecule has 0 amide bonds. The van der Waals surface area contributed by atoms with Gasteiger partial charge in [0.1, 0.15) is 10.3 Å². The second-order valence-corrected chi connectivity index (χ2v) is 3.29. The second kappa shape index (κ2) is 4.65. The molecule has 0 fully saturated rings. The van der Waals surface area contributed by atoms with E-state index in [1.165, 1.54) is 13.2 Å². The average Bonchev–Trinajstić information content (AvgIpc) is 2.16. The van der Waals surface area contributed by atoms with Gasteiger partial charge in [-0.15, -0.1) is 0 Å². The van der Waals surface area contributed by atoms with E-state index in [0.29, 0.717) is 0 Å². The van der Waals surface area contributed by atoms with Crippen molar-refractivity contribution in [2.24, 2.45) is 0 Å². The zero-order valence-corrected chi connectivity index (χ0v) is 8.88. The summed E-state index contributed by atoms with van der Waals surface area (Å²) in [6, 6.07) is 1.44. The second-order valence-electron chi connectivity index (χ2n) is 2.48. The molecule has 78 valence electrons. The molecule has 1 heterocycles. The summed E-state index contributed by atoms with van der Waals surface area (Å²) >= 11 is 2.97. The highest BCUT2D eigenvalue weighted by Crippen LogP contribution is 2.32. The van der Waals surface area contributed by atoms with E-state index in [9.17, 15) is 8.78 Å². The number of nitrogens with zero attached hydrogens (tertiary/aromatic N) is 1. The third-order valence-corrected chi connectivity index (χ3v) is 2.03. The molecule has 0 unspecified atom stereocenters. The Kier molecular flexibility index (Phi) is 3.77. The van der Waals surface area contributed by atoms with E-state index < -0.39 is 12.1 Å². The van der Waals surface area contributed by atoms with E-state index in [0.717, 1.165) is 0 Å². The number of methoxy groups -OCH3 is 1. The minimum absolute atomic E-state index is 0.0642. The number of ether oxygens (including phenoxy) is 1. The van der Waals surface area contributed by atoms with Crippen LogP contribution in [0.1, 0.15) is 17.7 Å². The fourth-order valence-electron chi connectivity index (χ4n) is 1.07. The van der Waals surface area contributed by atoms with Gasteiger partial charge in [-0.25, -0.2) is 13.8 Å². The Morgan fingerprint density at radius 1 is 1.64 bits per heavy atom. The maximum atomic E-state index is 12.5. The molecule has 14 heavy (non-hydrogen) atoms. The van der Waals surface area contributed by atoms with Crippen molar-refractivity contribution in [1.29, 1.82) is 0 Å². The summed E-state index contributed by atoms with van der Waals surface area (Å²) in [5, 5.41) is 8.91. The molecule has 6 heteroatoms. The maximum Gasteiger partial charge on any atom is 0.284 e. The lowest BCUT2D eigenvalue weighted by Gasteiger charge is -2.11. The van der Waals surface area contributed by atoms with E-state index in [1.54, 1.807) is 0 Å². The zero-order valence-electron chi connectivity index (χ0n) is 7.30. The highest BCUT2D eigenvalue weighted by atomic mass is 79.9. The Hall–Kier alpha value is -0.750. The van der Waals surface area contributed by atoms with Crippen LogP contribution in [0.4, 0.5) is 8.78 Å². The Bertz CT molecular complexity index is 333. The van der Waals surface area contributed by atoms with Crippen LogP contribution < -0.4 is 4.74 Å². The van der Waals surface area contributed by atoms with Crippen LogP contribution in [0.15, 0.2) is 10.7 Å². The lowest BCUT2D eigenvalue weighted by atomic mass is 10.2. The number of hydrogen-bond donors (Lipinski definition) is 1. The summed E-state index contributed by atoms with van der Waals surface area (Å²) < 4.78 is 29.9. The molecule has 0 spiro atoms. The Balaban J connectivity index is 3.31. The van der Waals surface area contributed by atoms with Gasteiger partial charge in [0.15, 0.2) is 5.75 Å². The molecule has 1 aromatic heterocycles. The van der Waals surface area contributed by atoms with E-state index in [4.69, 9.17) is 9.84 Å². The van der Waals surface area contributed by atoms with Crippen LogP contribution in [-0.4, -0.2) is 17.2 Å². The van der Waals surface area contributed by atoms with Gasteiger partial charge < -0.3 is 9.84 Å². The summed E-state index contributed by atoms with van der Waals surface area (Å²) in [5.41, 5.74) is -0.185. The van der Waals surface area contributed by atoms with Crippen LogP contribution in [0.3, 0.4) is 0 Å². The van der Waals surface area contributed by atoms with Crippen molar-refractivity contribution in [3.63, 3.8) is 0 Å². The van der Waals surface area contributed by atoms with Gasteiger partial charge in [0.05, 0.1) is 13.7 Å². The zero-order chi connectivity index (χ0) is 10.7. The third-order valence-electron chi connectivity index (χ3n) is 1.63. The Labute approximate surface area is 87.9 Å². The van der Waals surface area contributed by atoms with E-state index in [1.807, 2.05) is 0 Å². The van der Waals surface area contributed by atoms with Gasteiger partial charge in [-0.05, 0) is 22.0 Å². The van der Waals surface area contributed by atoms with Gasteiger partial charge in [-0.2, -0.15) is 0 Å². The van der Waals surface area contributed by atoms with Crippen LogP contribution >= 0.6 is 15.9 Å². The first-order valence-corrected chi connectivity index (χ1v) is 4.51. The molecule has 0 bridgehead atoms. The highest BCUT2D eigenvalue weighted by molar-refractivity contribution is 9.10. The standard InChI is InChI=1S/C8H8BrF2NO2/c1-14-7-4(3-13)2-5(9)12-6(7)8(10)11/h2,8,13H,3H2,1H3. The fourth-order valence-corrected chi connectivity index (χ4v) is 1.54. The molecular formula is C8H8BrF2NO2. The van der Waals surface area contributed by atoms with Crippen molar-refractivity contribution in [3.05, 3.63) is 21.9 Å². The van der Waals surface area contributed by atoms with Gasteiger partial charge >= 0.3 is 0 Å². The van der Waals surface area contributed by atoms with Crippen molar-refractivity contribution in [3.8, 4) is 5.75 Å². The molecule has 1 rings (SSSR count). The van der Waals surface area contributed by atoms with Crippen LogP contribution in [0, 0.1) is 0 Å². The van der Waals surface area contributed by atoms with Gasteiger partial charge in [0.2, 0.25) is 0 Å². The van der Waals surface area contributed by atoms with Gasteiger partial charge in [-0.3, -0.25) is 0 Å². The monoisotopic (exact) mass is 267 g/mol. The third kappa shape index (κ3) is 2.19. The number of aliphatic hydroxyl groups excluding tert-OH is 1. The molecule has 0 saturated carbocycles. The molecule has 0 aliphatic heterocycles. The average molecular weight is 268 g/mol. The number of pyridine rings is 1. The van der Waals surface area contributed by atoms with Gasteiger partial charge in [0, 0.05) is 5.56 Å². The molecule has 0 saturated heterocycles. The van der Waals surface area contributed by atoms with E-state index in [2.05, 4.69) is 20.9 Å². The number of alkyl halides is 2. The molecule has 0 radical (unpaired) electrons. The first-order chi connectivity index (χ1) is 6.60. The fraction of sp³-hybridized carbons (Fsp3) is 0.375. The molecule has 0 aliphatic carbocycles. The Morgan fingerprint density at radius 3 is 2.71 bits per heavy atom. The number of hydrogen-bond acceptors (Lipinski definition) is 3. The molecule has 1 N–H and O–H groups in total. The highest BCUT2D eigenvalue weighted by Gasteiger charge is 2.19. The lowest BCUT2D eigenvalue weighted by Crippen LogP contribution is -2.01. The summed E-state index contributed by atoms with van der Waals surface area (Å²) in [6.45, 7) is -0.371. The quantitative estimate of drug-likeness (QED) is 0.855. The van der Waals surface area contributed by atoms with Crippen molar-refractivity contribution in [2.45, 2.75) is 13.0 Å². The first-order valence-electron chi connectivity index (χ1n) is 3.72. The van der Waals surface area contributed by atoms with Crippen LogP contribution in [0.5, 0.6) is 5.75 Å². The number of aliphatic hydroxyl groups is 1. The molecule has 0 atom stereocenters. The lowest BCUT2D eigenvalue weighted by molar-refractivity contribution is 0.140. The van der Waals surface area contributed by atoms with Crippen LogP contribution in [0.2, 0.25) is 0 Å². The van der Waals surface area contributed by atoms with Crippen molar-refractivity contribution in [2.75, 3.05) is 7.11 Å². The van der Waals surface area contributed by atoms with E-state index >= 15 is 0 Å². The van der Waals surface area contributed by atoms with Crippen molar-refractivity contribution >= 4 is 15.9 Å². The molecular weight excluding hydrogens is 260 g/mol. The minimum atomic E-state index is -2.73. The van der Waals surface area contributed by atoms with Crippen LogP contribution in [-0.2, 0) is 6.61 Å². The molecule has 0 aromatic carbocycles. The minimum Gasteiger partial charge on any atom is -0.494 e.